The lowest BCUT2D eigenvalue weighted by Gasteiger charge is -2.26. The third kappa shape index (κ3) is 1.87. The van der Waals surface area contributed by atoms with Crippen LogP contribution in [-0.2, 0) is 0 Å². The second-order valence-electron chi connectivity index (χ2n) is 4.51. The van der Waals surface area contributed by atoms with Crippen LogP contribution in [0.2, 0.25) is 0 Å². The van der Waals surface area contributed by atoms with E-state index in [4.69, 9.17) is 10.2 Å². The Hall–Kier alpha value is -0.120. The van der Waals surface area contributed by atoms with Gasteiger partial charge in [-0.25, -0.2) is 0 Å². The van der Waals surface area contributed by atoms with Crippen molar-refractivity contribution >= 4 is 0 Å². The highest BCUT2D eigenvalue weighted by Crippen LogP contribution is 2.44. The number of aliphatic hydroxyl groups excluding tert-OH is 2. The molecule has 3 nitrogen and oxygen atoms in total. The van der Waals surface area contributed by atoms with Crippen molar-refractivity contribution in [3.63, 3.8) is 0 Å². The Morgan fingerprint density at radius 1 is 1.15 bits per heavy atom. The van der Waals surface area contributed by atoms with Crippen LogP contribution in [0.15, 0.2) is 0 Å². The molecule has 2 bridgehead atoms. The Morgan fingerprint density at radius 2 is 1.92 bits per heavy atom. The molecule has 3 heteroatoms. The molecule has 0 spiro atoms. The summed E-state index contributed by atoms with van der Waals surface area (Å²) in [7, 11) is 0. The topological polar surface area (TPSA) is 52.5 Å². The van der Waals surface area contributed by atoms with E-state index in [1.54, 1.807) is 0 Å². The molecule has 13 heavy (non-hydrogen) atoms. The van der Waals surface area contributed by atoms with Crippen LogP contribution >= 0.6 is 0 Å². The zero-order valence-corrected chi connectivity index (χ0v) is 7.95. The number of hydrogen-bond acceptors (Lipinski definition) is 3. The van der Waals surface area contributed by atoms with E-state index >= 15 is 0 Å². The van der Waals surface area contributed by atoms with Gasteiger partial charge < -0.3 is 15.5 Å². The first-order valence-corrected chi connectivity index (χ1v) is 5.31. The van der Waals surface area contributed by atoms with Gasteiger partial charge >= 0.3 is 0 Å². The SMILES string of the molecule is OCC(CO)NC1CC2CCC1C2. The third-order valence-electron chi connectivity index (χ3n) is 3.63. The van der Waals surface area contributed by atoms with Gasteiger partial charge in [0.2, 0.25) is 0 Å². The third-order valence-corrected chi connectivity index (χ3v) is 3.63. The molecule has 2 fully saturated rings. The second kappa shape index (κ2) is 3.95. The molecule has 3 unspecified atom stereocenters. The predicted molar refractivity (Wildman–Crippen MR) is 50.3 cm³/mol. The molecule has 0 amide bonds. The maximum Gasteiger partial charge on any atom is 0.0607 e. The molecular formula is C10H19NO2. The zero-order chi connectivity index (χ0) is 9.26. The number of rotatable bonds is 4. The van der Waals surface area contributed by atoms with Gasteiger partial charge in [0.25, 0.3) is 0 Å². The van der Waals surface area contributed by atoms with Gasteiger partial charge in [-0.1, -0.05) is 6.42 Å². The lowest BCUT2D eigenvalue weighted by Crippen LogP contribution is -2.45. The lowest BCUT2D eigenvalue weighted by atomic mass is 9.95. The minimum atomic E-state index is -0.107. The smallest absolute Gasteiger partial charge is 0.0607 e. The van der Waals surface area contributed by atoms with Gasteiger partial charge in [0, 0.05) is 6.04 Å². The normalized spacial score (nSPS) is 37.6. The first-order chi connectivity index (χ1) is 6.33. The fourth-order valence-corrected chi connectivity index (χ4v) is 2.91. The summed E-state index contributed by atoms with van der Waals surface area (Å²) in [4.78, 5) is 0. The molecule has 2 saturated carbocycles. The molecule has 2 aliphatic carbocycles. The number of fused-ring (bicyclic) bond motifs is 2. The van der Waals surface area contributed by atoms with Crippen LogP contribution in [0, 0.1) is 11.8 Å². The van der Waals surface area contributed by atoms with Crippen molar-refractivity contribution in [1.29, 1.82) is 0 Å². The quantitative estimate of drug-likeness (QED) is 0.583. The van der Waals surface area contributed by atoms with E-state index in [2.05, 4.69) is 5.32 Å². The Balaban J connectivity index is 1.82. The Labute approximate surface area is 79.2 Å². The van der Waals surface area contributed by atoms with Crippen molar-refractivity contribution < 1.29 is 10.2 Å². The highest BCUT2D eigenvalue weighted by atomic mass is 16.3. The fourth-order valence-electron chi connectivity index (χ4n) is 2.91. The van der Waals surface area contributed by atoms with E-state index in [-0.39, 0.29) is 19.3 Å². The molecule has 0 aromatic heterocycles. The monoisotopic (exact) mass is 185 g/mol. The van der Waals surface area contributed by atoms with Crippen LogP contribution in [0.1, 0.15) is 25.7 Å². The van der Waals surface area contributed by atoms with Crippen molar-refractivity contribution in [2.24, 2.45) is 11.8 Å². The largest absolute Gasteiger partial charge is 0.395 e. The summed E-state index contributed by atoms with van der Waals surface area (Å²) < 4.78 is 0. The van der Waals surface area contributed by atoms with Gasteiger partial charge in [0.1, 0.15) is 0 Å². The van der Waals surface area contributed by atoms with E-state index in [0.29, 0.717) is 6.04 Å². The average Bonchev–Trinajstić information content (AvgIpc) is 2.75. The molecule has 0 aromatic rings. The van der Waals surface area contributed by atoms with Gasteiger partial charge in [-0.15, -0.1) is 0 Å². The molecule has 0 aliphatic heterocycles. The maximum atomic E-state index is 8.93. The van der Waals surface area contributed by atoms with Crippen LogP contribution in [0.4, 0.5) is 0 Å². The van der Waals surface area contributed by atoms with Gasteiger partial charge in [0.15, 0.2) is 0 Å². The first kappa shape index (κ1) is 9.44. The lowest BCUT2D eigenvalue weighted by molar-refractivity contribution is 0.152. The number of hydrogen-bond donors (Lipinski definition) is 3. The molecule has 2 aliphatic rings. The van der Waals surface area contributed by atoms with E-state index in [0.717, 1.165) is 11.8 Å². The zero-order valence-electron chi connectivity index (χ0n) is 7.95. The van der Waals surface area contributed by atoms with E-state index in [9.17, 15) is 0 Å². The van der Waals surface area contributed by atoms with Crippen molar-refractivity contribution in [3.8, 4) is 0 Å². The summed E-state index contributed by atoms with van der Waals surface area (Å²) in [5.74, 6) is 1.73. The molecule has 76 valence electrons. The average molecular weight is 185 g/mol. The molecule has 3 atom stereocenters. The summed E-state index contributed by atoms with van der Waals surface area (Å²) in [5.41, 5.74) is 0. The molecule has 0 heterocycles. The fraction of sp³-hybridized carbons (Fsp3) is 1.00. The van der Waals surface area contributed by atoms with Gasteiger partial charge in [-0.3, -0.25) is 0 Å². The summed E-state index contributed by atoms with van der Waals surface area (Å²) >= 11 is 0. The second-order valence-corrected chi connectivity index (χ2v) is 4.51. The van der Waals surface area contributed by atoms with Crippen molar-refractivity contribution in [1.82, 2.24) is 5.32 Å². The van der Waals surface area contributed by atoms with E-state index < -0.39 is 0 Å². The van der Waals surface area contributed by atoms with Crippen molar-refractivity contribution in [3.05, 3.63) is 0 Å². The minimum Gasteiger partial charge on any atom is -0.395 e. The summed E-state index contributed by atoms with van der Waals surface area (Å²) in [6, 6.07) is 0.451. The van der Waals surface area contributed by atoms with Crippen LogP contribution in [-0.4, -0.2) is 35.5 Å². The predicted octanol–water partition coefficient (Wildman–Crippen LogP) is 0.118. The molecule has 0 radical (unpaired) electrons. The summed E-state index contributed by atoms with van der Waals surface area (Å²) in [6.07, 6.45) is 5.35. The molecule has 0 saturated heterocycles. The van der Waals surface area contributed by atoms with E-state index in [1.807, 2.05) is 0 Å². The van der Waals surface area contributed by atoms with Crippen LogP contribution in [0.5, 0.6) is 0 Å². The maximum absolute atomic E-state index is 8.93. The first-order valence-electron chi connectivity index (χ1n) is 5.31. The highest BCUT2D eigenvalue weighted by Gasteiger charge is 2.39. The Morgan fingerprint density at radius 3 is 2.38 bits per heavy atom. The standard InChI is InChI=1S/C10H19NO2/c12-5-9(6-13)11-10-4-7-1-2-8(10)3-7/h7-13H,1-6H2. The van der Waals surface area contributed by atoms with Crippen LogP contribution in [0.25, 0.3) is 0 Å². The van der Waals surface area contributed by atoms with E-state index in [1.165, 1.54) is 25.7 Å². The van der Waals surface area contributed by atoms with Gasteiger partial charge in [0.05, 0.1) is 19.3 Å². The molecule has 2 rings (SSSR count). The Kier molecular flexibility index (Phi) is 2.86. The minimum absolute atomic E-state index is 0.0460. The highest BCUT2D eigenvalue weighted by molar-refractivity contribution is 4.95. The Bertz CT molecular complexity index is 170. The van der Waals surface area contributed by atoms with Crippen molar-refractivity contribution in [2.75, 3.05) is 13.2 Å². The van der Waals surface area contributed by atoms with Gasteiger partial charge in [-0.2, -0.15) is 0 Å². The van der Waals surface area contributed by atoms with Crippen LogP contribution in [0.3, 0.4) is 0 Å². The summed E-state index contributed by atoms with van der Waals surface area (Å²) in [6.45, 7) is 0.0920. The van der Waals surface area contributed by atoms with Gasteiger partial charge in [-0.05, 0) is 31.1 Å². The van der Waals surface area contributed by atoms with Crippen molar-refractivity contribution in [2.45, 2.75) is 37.8 Å². The molecular weight excluding hydrogens is 166 g/mol. The molecule has 0 aromatic carbocycles. The van der Waals surface area contributed by atoms with Crippen LogP contribution < -0.4 is 5.32 Å². The number of nitrogens with one attached hydrogen (secondary N) is 1. The number of aliphatic hydroxyl groups is 2. The molecule has 3 N–H and O–H groups in total. The summed E-state index contributed by atoms with van der Waals surface area (Å²) in [5, 5.41) is 21.2.